The third kappa shape index (κ3) is 15.5. The molecule has 0 N–H and O–H groups in total. The van der Waals surface area contributed by atoms with E-state index in [1.165, 1.54) is 46.4 Å². The Bertz CT molecular complexity index is 1240. The summed E-state index contributed by atoms with van der Waals surface area (Å²) < 4.78 is 29.0. The molecule has 2 aliphatic rings. The fraction of sp³-hybridized carbons (Fsp3) is 0.184. The summed E-state index contributed by atoms with van der Waals surface area (Å²) in [7, 11) is -5.23. The summed E-state index contributed by atoms with van der Waals surface area (Å²) in [6, 6.07) is 44.5. The van der Waals surface area contributed by atoms with E-state index in [2.05, 4.69) is 166 Å². The molecule has 0 bridgehead atoms. The Hall–Kier alpha value is -2.97. The minimum Gasteiger partial charge on any atom is -1.00 e. The molecule has 0 aliphatic heterocycles. The molecule has 2 nitrogen and oxygen atoms in total. The third-order valence-electron chi connectivity index (χ3n) is 7.80. The van der Waals surface area contributed by atoms with Crippen LogP contribution in [0.1, 0.15) is 19.8 Å². The molecule has 2 aliphatic carbocycles. The molecule has 2 atom stereocenters. The summed E-state index contributed by atoms with van der Waals surface area (Å²) in [4.78, 5) is 15.5. The minimum atomic E-state index is -3.67. The van der Waals surface area contributed by atoms with Crippen LogP contribution in [0.25, 0.3) is 0 Å². The summed E-state index contributed by atoms with van der Waals surface area (Å²) >= 11 is 0. The zero-order chi connectivity index (χ0) is 33.6. The zero-order valence-electron chi connectivity index (χ0n) is 26.8. The molecule has 6 rings (SSSR count). The second-order valence-electron chi connectivity index (χ2n) is 10.5. The Morgan fingerprint density at radius 1 is 0.625 bits per heavy atom. The van der Waals surface area contributed by atoms with Crippen LogP contribution in [0.4, 0.5) is 12.9 Å². The van der Waals surface area contributed by atoms with Crippen LogP contribution in [0.3, 0.4) is 0 Å². The average molecular weight is 774 g/mol. The van der Waals surface area contributed by atoms with Gasteiger partial charge in [-0.3, -0.25) is 26.5 Å². The number of carbonyl (C=O) groups excluding carboxylic acids is 2. The van der Waals surface area contributed by atoms with Crippen LogP contribution >= 0.6 is 15.8 Å². The van der Waals surface area contributed by atoms with E-state index in [-0.39, 0.29) is 25.8 Å². The number of allylic oxidation sites excluding steroid dienone is 4. The molecule has 1 fully saturated rings. The van der Waals surface area contributed by atoms with Crippen molar-refractivity contribution in [2.45, 2.75) is 19.8 Å². The van der Waals surface area contributed by atoms with Crippen molar-refractivity contribution in [2.24, 2.45) is 11.8 Å². The number of benzene rings is 4. The Morgan fingerprint density at radius 2 is 0.917 bits per heavy atom. The predicted octanol–water partition coefficient (Wildman–Crippen LogP) is 4.78. The van der Waals surface area contributed by atoms with Gasteiger partial charge in [0.2, 0.25) is 0 Å². The Kier molecular flexibility index (Phi) is 25.3. The maximum Gasteiger partial charge on any atom is 3.00 e. The molecular weight excluding hydrogens is 733 g/mol. The van der Waals surface area contributed by atoms with E-state index in [1.807, 2.05) is 0 Å². The first-order chi connectivity index (χ1) is 22.5. The summed E-state index contributed by atoms with van der Waals surface area (Å²) in [5.74, 6) is 3.29. The van der Waals surface area contributed by atoms with Crippen molar-refractivity contribution < 1.29 is 48.3 Å². The van der Waals surface area contributed by atoms with Crippen LogP contribution in [0, 0.1) is 17.8 Å². The van der Waals surface area contributed by atoms with Gasteiger partial charge >= 0.3 is 28.6 Å². The van der Waals surface area contributed by atoms with Crippen molar-refractivity contribution in [3.63, 3.8) is 0 Å². The Balaban J connectivity index is 0.000000917. The molecule has 4 aromatic rings. The molecule has 0 spiro atoms. The van der Waals surface area contributed by atoms with Crippen molar-refractivity contribution in [1.29, 1.82) is 0 Å². The molecule has 48 heavy (non-hydrogen) atoms. The van der Waals surface area contributed by atoms with E-state index in [4.69, 9.17) is 9.59 Å². The van der Waals surface area contributed by atoms with Gasteiger partial charge in [0.05, 0.1) is 37.1 Å². The first kappa shape index (κ1) is 45.0. The van der Waals surface area contributed by atoms with Crippen molar-refractivity contribution in [3.8, 4) is 0 Å². The average Bonchev–Trinajstić information content (AvgIpc) is 3.50. The molecule has 0 aromatic heterocycles. The van der Waals surface area contributed by atoms with Gasteiger partial charge in [0.25, 0.3) is 0 Å². The summed E-state index contributed by atoms with van der Waals surface area (Å²) in [6.45, 7) is 8.79. The van der Waals surface area contributed by atoms with Gasteiger partial charge in [-0.2, -0.15) is 13.3 Å². The summed E-state index contributed by atoms with van der Waals surface area (Å²) in [5, 5.41) is 6.06. The topological polar surface area (TPSA) is 34.1 Å². The quantitative estimate of drug-likeness (QED) is 0.0892. The van der Waals surface area contributed by atoms with Crippen molar-refractivity contribution in [3.05, 3.63) is 152 Å². The van der Waals surface area contributed by atoms with Gasteiger partial charge in [-0.25, -0.2) is 0 Å². The molecule has 10 heteroatoms. The van der Waals surface area contributed by atoms with Crippen LogP contribution in [0.15, 0.2) is 146 Å². The van der Waals surface area contributed by atoms with Gasteiger partial charge in [0.15, 0.2) is 0 Å². The molecular formula is C38H41BF4MoO2P2+. The fourth-order valence-corrected chi connectivity index (χ4v) is 11.9. The van der Waals surface area contributed by atoms with Gasteiger partial charge in [-0.15, -0.1) is 12.0 Å². The number of rotatable bonds is 7. The largest absolute Gasteiger partial charge is 3.00 e. The third-order valence-corrected chi connectivity index (χ3v) is 13.9. The van der Waals surface area contributed by atoms with E-state index in [0.717, 1.165) is 11.8 Å². The number of fused-ring (bicyclic) bond motifs is 1. The smallest absolute Gasteiger partial charge is 1.00 e. The van der Waals surface area contributed by atoms with Gasteiger partial charge in [-0.05, 0) is 54.4 Å². The molecule has 251 valence electrons. The first-order valence-corrected chi connectivity index (χ1v) is 18.4. The maximum atomic E-state index is 9.67. The molecule has 2 unspecified atom stereocenters. The van der Waals surface area contributed by atoms with Gasteiger partial charge in [0.1, 0.15) is 12.3 Å². The number of halogens is 4. The van der Waals surface area contributed by atoms with Crippen LogP contribution in [0.2, 0.25) is 0 Å². The molecule has 0 heterocycles. The second kappa shape index (κ2) is 26.9. The maximum absolute atomic E-state index is 9.67. The molecule has 4 aromatic carbocycles. The first-order valence-electron chi connectivity index (χ1n) is 15.0. The molecule has 1 saturated carbocycles. The van der Waals surface area contributed by atoms with Crippen LogP contribution < -0.4 is 25.9 Å². The van der Waals surface area contributed by atoms with Gasteiger partial charge in [-0.1, -0.05) is 97.4 Å². The number of hydrogen-bond donors (Lipinski definition) is 0. The van der Waals surface area contributed by atoms with Crippen LogP contribution in [-0.4, -0.2) is 33.4 Å². The predicted molar refractivity (Wildman–Crippen MR) is 197 cm³/mol. The SMILES string of the molecule is C[C-]1CCC2C=CC=CC12.FB(F)F.[CH-]=O.[CH-]=O.[F-].[Mo+3].c1ccc([PH+](CC[PH+](c2ccccc2)c2ccccc2)c2ccccc2)cc1. The summed E-state index contributed by atoms with van der Waals surface area (Å²) in [5.41, 5.74) is 0. The monoisotopic (exact) mass is 776 g/mol. The van der Waals surface area contributed by atoms with Crippen molar-refractivity contribution in [1.82, 2.24) is 0 Å². The Labute approximate surface area is 300 Å². The van der Waals surface area contributed by atoms with E-state index in [9.17, 15) is 12.9 Å². The Morgan fingerprint density at radius 3 is 1.21 bits per heavy atom. The fourth-order valence-electron chi connectivity index (χ4n) is 5.74. The van der Waals surface area contributed by atoms with E-state index in [0.29, 0.717) is 0 Å². The van der Waals surface area contributed by atoms with Crippen molar-refractivity contribution >= 4 is 58.2 Å². The second-order valence-corrected chi connectivity index (χ2v) is 15.7. The van der Waals surface area contributed by atoms with Crippen molar-refractivity contribution in [2.75, 3.05) is 12.3 Å². The van der Waals surface area contributed by atoms with E-state index < -0.39 is 23.4 Å². The van der Waals surface area contributed by atoms with E-state index >= 15 is 0 Å². The van der Waals surface area contributed by atoms with Gasteiger partial charge < -0.3 is 20.2 Å². The van der Waals surface area contributed by atoms with E-state index in [1.54, 1.807) is 5.92 Å². The normalized spacial score (nSPS) is 15.2. The summed E-state index contributed by atoms with van der Waals surface area (Å²) in [6.07, 6.45) is 14.3. The standard InChI is InChI=1S/C26H24P2.C10H13.2CHO.BF3.FH.Mo/c1-5-13-23(14-6-1)27(24-15-7-2-8-16-24)21-22-28(25-17-9-3-10-18-25)26-19-11-4-12-20-26;1-8-6-7-9-4-2-3-5-10(8)9;2*1-2;2-1(3)4;;/h1-20H,21-22H2;2-5,9-10H,6-7H2,1H3;2*1H;;1H;/q;3*-1;;;+3/p+1. The minimum absolute atomic E-state index is 0. The van der Waals surface area contributed by atoms with Gasteiger partial charge in [0, 0.05) is 0 Å². The molecule has 0 saturated heterocycles. The van der Waals surface area contributed by atoms with Crippen LogP contribution in [-0.2, 0) is 30.7 Å². The molecule has 0 amide bonds. The number of hydrogen-bond acceptors (Lipinski definition) is 2. The zero-order valence-corrected chi connectivity index (χ0v) is 30.8. The molecule has 1 radical (unpaired) electrons. The van der Waals surface area contributed by atoms with Crippen LogP contribution in [0.5, 0.6) is 0 Å².